The molecule has 1 amide bonds. The summed E-state index contributed by atoms with van der Waals surface area (Å²) in [5, 5.41) is 11.2. The van der Waals surface area contributed by atoms with Crippen LogP contribution in [0.5, 0.6) is 0 Å². The van der Waals surface area contributed by atoms with Gasteiger partial charge in [0.2, 0.25) is 0 Å². The zero-order valence-corrected chi connectivity index (χ0v) is 10.8. The van der Waals surface area contributed by atoms with E-state index in [1.165, 1.54) is 16.8 Å². The summed E-state index contributed by atoms with van der Waals surface area (Å²) in [4.78, 5) is 26.7. The molecule has 1 fully saturated rings. The van der Waals surface area contributed by atoms with Crippen LogP contribution in [0.1, 0.15) is 13.2 Å². The van der Waals surface area contributed by atoms with Crippen LogP contribution in [0.2, 0.25) is 0 Å². The second-order valence-corrected chi connectivity index (χ2v) is 3.88. The van der Waals surface area contributed by atoms with Gasteiger partial charge in [-0.3, -0.25) is 9.88 Å². The second-order valence-electron chi connectivity index (χ2n) is 3.88. The van der Waals surface area contributed by atoms with E-state index in [9.17, 15) is 9.59 Å². The summed E-state index contributed by atoms with van der Waals surface area (Å²) in [5.41, 5.74) is -0.605. The van der Waals surface area contributed by atoms with E-state index in [4.69, 9.17) is 14.6 Å². The molecule has 2 unspecified atom stereocenters. The van der Waals surface area contributed by atoms with Crippen LogP contribution in [-0.2, 0) is 14.2 Å². The summed E-state index contributed by atoms with van der Waals surface area (Å²) in [5.74, 6) is 0.0855. The van der Waals surface area contributed by atoms with E-state index in [0.29, 0.717) is 0 Å². The highest BCUT2D eigenvalue weighted by Gasteiger charge is 2.27. The van der Waals surface area contributed by atoms with Crippen LogP contribution in [0.4, 0.5) is 10.6 Å². The lowest BCUT2D eigenvalue weighted by molar-refractivity contribution is -0.0992. The summed E-state index contributed by atoms with van der Waals surface area (Å²) in [6, 6.07) is 1.44. The number of nitrogens with zero attached hydrogens (tertiary/aromatic N) is 2. The minimum atomic E-state index is -0.746. The molecule has 0 radical (unpaired) electrons. The summed E-state index contributed by atoms with van der Waals surface area (Å²) < 4.78 is 16.3. The van der Waals surface area contributed by atoms with Crippen LogP contribution < -0.4 is 11.0 Å². The summed E-state index contributed by atoms with van der Waals surface area (Å²) >= 11 is 0. The van der Waals surface area contributed by atoms with Gasteiger partial charge in [-0.2, -0.15) is 4.98 Å². The smallest absolute Gasteiger partial charge is 0.412 e. The van der Waals surface area contributed by atoms with Crippen molar-refractivity contribution in [3.8, 4) is 0 Å². The standard InChI is InChI=1S/C11H15N3O6/c1-2-18-11(17)13-7-3-4-14(10(16)12-7)8-6-19-9(5-15)20-8/h3-4,8-9,15H,2,5-6H2,1H3,(H,12,13,16,17). The molecule has 0 saturated carbocycles. The van der Waals surface area contributed by atoms with Crippen molar-refractivity contribution in [2.75, 3.05) is 25.1 Å². The molecule has 2 atom stereocenters. The Labute approximate surface area is 114 Å². The summed E-state index contributed by atoms with van der Waals surface area (Å²) in [6.45, 7) is 1.73. The molecule has 2 N–H and O–H groups in total. The zero-order chi connectivity index (χ0) is 14.5. The molecule has 1 aliphatic heterocycles. The maximum Gasteiger partial charge on any atom is 0.412 e. The highest BCUT2D eigenvalue weighted by atomic mass is 16.7. The van der Waals surface area contributed by atoms with Crippen LogP contribution in [-0.4, -0.2) is 46.9 Å². The molecule has 0 aromatic carbocycles. The van der Waals surface area contributed by atoms with Gasteiger partial charge < -0.3 is 19.3 Å². The fourth-order valence-corrected chi connectivity index (χ4v) is 1.66. The predicted molar refractivity (Wildman–Crippen MR) is 66.1 cm³/mol. The van der Waals surface area contributed by atoms with E-state index < -0.39 is 24.3 Å². The van der Waals surface area contributed by atoms with Crippen LogP contribution in [0.25, 0.3) is 0 Å². The third-order valence-electron chi connectivity index (χ3n) is 2.53. The Morgan fingerprint density at radius 3 is 3.10 bits per heavy atom. The van der Waals surface area contributed by atoms with Crippen molar-refractivity contribution >= 4 is 11.9 Å². The van der Waals surface area contributed by atoms with Gasteiger partial charge in [-0.25, -0.2) is 9.59 Å². The number of rotatable bonds is 4. The fourth-order valence-electron chi connectivity index (χ4n) is 1.66. The highest BCUT2D eigenvalue weighted by molar-refractivity contribution is 5.83. The minimum Gasteiger partial charge on any atom is -0.450 e. The number of nitrogens with one attached hydrogen (secondary N) is 1. The molecule has 0 bridgehead atoms. The third kappa shape index (κ3) is 3.32. The summed E-state index contributed by atoms with van der Waals surface area (Å²) in [6.07, 6.45) is -0.657. The van der Waals surface area contributed by atoms with Gasteiger partial charge >= 0.3 is 11.8 Å². The van der Waals surface area contributed by atoms with Crippen molar-refractivity contribution in [2.24, 2.45) is 0 Å². The molecular weight excluding hydrogens is 270 g/mol. The topological polar surface area (TPSA) is 112 Å². The Hall–Kier alpha value is -1.97. The zero-order valence-electron chi connectivity index (χ0n) is 10.8. The molecule has 110 valence electrons. The van der Waals surface area contributed by atoms with Gasteiger partial charge in [0.1, 0.15) is 5.82 Å². The Bertz CT molecular complexity index is 531. The van der Waals surface area contributed by atoms with Crippen molar-refractivity contribution in [3.63, 3.8) is 0 Å². The molecule has 1 aliphatic rings. The fraction of sp³-hybridized carbons (Fsp3) is 0.545. The molecule has 1 aromatic heterocycles. The van der Waals surface area contributed by atoms with Gasteiger partial charge in [0.05, 0.1) is 19.8 Å². The highest BCUT2D eigenvalue weighted by Crippen LogP contribution is 2.19. The number of carbonyl (C=O) groups excluding carboxylic acids is 1. The van der Waals surface area contributed by atoms with Crippen molar-refractivity contribution < 1.29 is 24.1 Å². The predicted octanol–water partition coefficient (Wildman–Crippen LogP) is -0.324. The lowest BCUT2D eigenvalue weighted by Gasteiger charge is -2.12. The van der Waals surface area contributed by atoms with E-state index in [0.717, 1.165) is 0 Å². The molecule has 0 aliphatic carbocycles. The lowest BCUT2D eigenvalue weighted by Crippen LogP contribution is -2.29. The molecule has 2 heterocycles. The minimum absolute atomic E-state index is 0.0855. The number of aliphatic hydroxyl groups excluding tert-OH is 1. The molecular formula is C11H15N3O6. The number of carbonyl (C=O) groups is 1. The number of aliphatic hydroxyl groups is 1. The quantitative estimate of drug-likeness (QED) is 0.779. The van der Waals surface area contributed by atoms with Crippen LogP contribution >= 0.6 is 0 Å². The van der Waals surface area contributed by atoms with Crippen molar-refractivity contribution in [2.45, 2.75) is 19.4 Å². The number of amides is 1. The van der Waals surface area contributed by atoms with Gasteiger partial charge in [0, 0.05) is 6.20 Å². The first-order valence-electron chi connectivity index (χ1n) is 6.05. The molecule has 20 heavy (non-hydrogen) atoms. The molecule has 0 spiro atoms. The Balaban J connectivity index is 2.07. The first kappa shape index (κ1) is 14.4. The first-order valence-corrected chi connectivity index (χ1v) is 6.05. The van der Waals surface area contributed by atoms with E-state index in [2.05, 4.69) is 15.0 Å². The second kappa shape index (κ2) is 6.46. The maximum atomic E-state index is 11.8. The number of hydrogen-bond acceptors (Lipinski definition) is 7. The van der Waals surface area contributed by atoms with Crippen molar-refractivity contribution in [1.82, 2.24) is 9.55 Å². The monoisotopic (exact) mass is 285 g/mol. The SMILES string of the molecule is CCOC(=O)Nc1ccn(C2COC(CO)O2)c(=O)n1. The van der Waals surface area contributed by atoms with Crippen LogP contribution in [0.15, 0.2) is 17.1 Å². The Morgan fingerprint density at radius 2 is 2.50 bits per heavy atom. The van der Waals surface area contributed by atoms with Gasteiger partial charge in [-0.15, -0.1) is 0 Å². The van der Waals surface area contributed by atoms with E-state index in [1.54, 1.807) is 6.92 Å². The first-order chi connectivity index (χ1) is 9.63. The van der Waals surface area contributed by atoms with Gasteiger partial charge in [-0.1, -0.05) is 0 Å². The van der Waals surface area contributed by atoms with Gasteiger partial charge in [-0.05, 0) is 13.0 Å². The molecule has 2 rings (SSSR count). The average molecular weight is 285 g/mol. The molecule has 9 heteroatoms. The lowest BCUT2D eigenvalue weighted by atomic mass is 10.5. The van der Waals surface area contributed by atoms with Crippen molar-refractivity contribution in [3.05, 3.63) is 22.7 Å². The Morgan fingerprint density at radius 1 is 1.70 bits per heavy atom. The van der Waals surface area contributed by atoms with E-state index >= 15 is 0 Å². The molecule has 9 nitrogen and oxygen atoms in total. The van der Waals surface area contributed by atoms with Crippen molar-refractivity contribution in [1.29, 1.82) is 0 Å². The van der Waals surface area contributed by atoms with Crippen LogP contribution in [0.3, 0.4) is 0 Å². The largest absolute Gasteiger partial charge is 0.450 e. The van der Waals surface area contributed by atoms with E-state index in [-0.39, 0.29) is 25.6 Å². The number of aromatic nitrogens is 2. The molecule has 1 aromatic rings. The normalized spacial score (nSPS) is 21.7. The summed E-state index contributed by atoms with van der Waals surface area (Å²) in [7, 11) is 0. The van der Waals surface area contributed by atoms with Crippen LogP contribution in [0, 0.1) is 0 Å². The molecule has 1 saturated heterocycles. The Kier molecular flexibility index (Phi) is 4.66. The number of ether oxygens (including phenoxy) is 3. The van der Waals surface area contributed by atoms with Gasteiger partial charge in [0.15, 0.2) is 12.5 Å². The van der Waals surface area contributed by atoms with Gasteiger partial charge in [0.25, 0.3) is 0 Å². The third-order valence-corrected chi connectivity index (χ3v) is 2.53. The average Bonchev–Trinajstić information content (AvgIpc) is 2.87. The number of anilines is 1. The number of hydrogen-bond donors (Lipinski definition) is 2. The van der Waals surface area contributed by atoms with E-state index in [1.807, 2.05) is 0 Å². The maximum absolute atomic E-state index is 11.8.